The van der Waals surface area contributed by atoms with Crippen LogP contribution < -0.4 is 10.1 Å². The molecule has 0 unspecified atom stereocenters. The molecule has 0 spiro atoms. The molecule has 1 aromatic rings. The lowest BCUT2D eigenvalue weighted by molar-refractivity contribution is -0.385. The number of nitrogens with zero attached hydrogens (tertiary/aromatic N) is 1. The van der Waals surface area contributed by atoms with Gasteiger partial charge in [-0.15, -0.1) is 0 Å². The van der Waals surface area contributed by atoms with Crippen LogP contribution in [0.1, 0.15) is 31.9 Å². The van der Waals surface area contributed by atoms with E-state index in [1.807, 2.05) is 0 Å². The van der Waals surface area contributed by atoms with E-state index in [1.165, 1.54) is 12.1 Å². The molecule has 0 bridgehead atoms. The molecule has 1 heterocycles. The fraction of sp³-hybridized carbons (Fsp3) is 0.500. The summed E-state index contributed by atoms with van der Waals surface area (Å²) in [6.45, 7) is 5.95. The summed E-state index contributed by atoms with van der Waals surface area (Å²) in [6.07, 6.45) is 0. The van der Waals surface area contributed by atoms with Crippen molar-refractivity contribution in [2.24, 2.45) is 5.41 Å². The minimum atomic E-state index is -0.523. The second-order valence-electron chi connectivity index (χ2n) is 5.89. The van der Waals surface area contributed by atoms with Crippen molar-refractivity contribution in [2.45, 2.75) is 33.9 Å². The normalized spacial score (nSPS) is 14.0. The van der Waals surface area contributed by atoms with Gasteiger partial charge in [0.2, 0.25) is 5.91 Å². The zero-order valence-electron chi connectivity index (χ0n) is 12.3. The summed E-state index contributed by atoms with van der Waals surface area (Å²) in [5.74, 6) is 0.427. The summed E-state index contributed by atoms with van der Waals surface area (Å²) >= 11 is 0. The van der Waals surface area contributed by atoms with Crippen molar-refractivity contribution in [2.75, 3.05) is 6.79 Å². The van der Waals surface area contributed by atoms with Crippen molar-refractivity contribution in [3.63, 3.8) is 0 Å². The van der Waals surface area contributed by atoms with Crippen molar-refractivity contribution >= 4 is 11.6 Å². The van der Waals surface area contributed by atoms with Crippen molar-refractivity contribution in [1.82, 2.24) is 5.32 Å². The smallest absolute Gasteiger partial charge is 0.270 e. The van der Waals surface area contributed by atoms with Gasteiger partial charge < -0.3 is 14.8 Å². The van der Waals surface area contributed by atoms with Crippen molar-refractivity contribution in [1.29, 1.82) is 0 Å². The molecule has 0 fully saturated rings. The molecule has 0 aromatic heterocycles. The number of ether oxygens (including phenoxy) is 2. The van der Waals surface area contributed by atoms with Gasteiger partial charge >= 0.3 is 0 Å². The van der Waals surface area contributed by atoms with E-state index in [1.54, 1.807) is 20.8 Å². The highest BCUT2D eigenvalue weighted by Crippen LogP contribution is 2.32. The molecule has 114 valence electrons. The van der Waals surface area contributed by atoms with Crippen LogP contribution in [0, 0.1) is 15.5 Å². The predicted molar refractivity (Wildman–Crippen MR) is 74.7 cm³/mol. The van der Waals surface area contributed by atoms with E-state index < -0.39 is 10.3 Å². The van der Waals surface area contributed by atoms with Crippen LogP contribution in [0.4, 0.5) is 5.69 Å². The first-order chi connectivity index (χ1) is 9.79. The number of nitro benzene ring substituents is 1. The number of nitro groups is 1. The molecule has 0 saturated carbocycles. The summed E-state index contributed by atoms with van der Waals surface area (Å²) in [5.41, 5.74) is 0.642. The third-order valence-corrected chi connectivity index (χ3v) is 3.10. The van der Waals surface area contributed by atoms with Crippen LogP contribution in [0.25, 0.3) is 0 Å². The van der Waals surface area contributed by atoms with Gasteiger partial charge in [-0.05, 0) is 0 Å². The maximum absolute atomic E-state index is 11.9. The predicted octanol–water partition coefficient (Wildman–Crippen LogP) is 2.12. The number of non-ortho nitro benzene ring substituents is 1. The number of rotatable bonds is 3. The lowest BCUT2D eigenvalue weighted by Crippen LogP contribution is -2.34. The fourth-order valence-corrected chi connectivity index (χ4v) is 1.96. The van der Waals surface area contributed by atoms with Gasteiger partial charge in [0.25, 0.3) is 5.69 Å². The number of amides is 1. The number of fused-ring (bicyclic) bond motifs is 1. The molecule has 2 rings (SSSR count). The average molecular weight is 294 g/mol. The zero-order valence-corrected chi connectivity index (χ0v) is 12.3. The van der Waals surface area contributed by atoms with Gasteiger partial charge in [-0.2, -0.15) is 0 Å². The van der Waals surface area contributed by atoms with E-state index in [4.69, 9.17) is 9.47 Å². The van der Waals surface area contributed by atoms with E-state index in [9.17, 15) is 14.9 Å². The first-order valence-corrected chi connectivity index (χ1v) is 6.58. The molecule has 1 aromatic carbocycles. The van der Waals surface area contributed by atoms with Crippen LogP contribution in [0.5, 0.6) is 5.75 Å². The van der Waals surface area contributed by atoms with Crippen LogP contribution in [-0.4, -0.2) is 17.6 Å². The number of hydrogen-bond donors (Lipinski definition) is 1. The average Bonchev–Trinajstić information content (AvgIpc) is 2.42. The Labute approximate surface area is 122 Å². The number of carbonyl (C=O) groups excluding carboxylic acids is 1. The topological polar surface area (TPSA) is 90.7 Å². The van der Waals surface area contributed by atoms with Gasteiger partial charge in [0, 0.05) is 35.2 Å². The van der Waals surface area contributed by atoms with E-state index >= 15 is 0 Å². The van der Waals surface area contributed by atoms with Crippen LogP contribution in [-0.2, 0) is 22.7 Å². The highest BCUT2D eigenvalue weighted by atomic mass is 16.7. The summed E-state index contributed by atoms with van der Waals surface area (Å²) in [7, 11) is 0. The second-order valence-corrected chi connectivity index (χ2v) is 5.89. The highest BCUT2D eigenvalue weighted by molar-refractivity contribution is 5.81. The minimum absolute atomic E-state index is 0.0390. The molecule has 1 N–H and O–H groups in total. The van der Waals surface area contributed by atoms with Crippen LogP contribution in [0.3, 0.4) is 0 Å². The second kappa shape index (κ2) is 5.69. The Bertz CT molecular complexity index is 577. The lowest BCUT2D eigenvalue weighted by atomic mass is 9.95. The van der Waals surface area contributed by atoms with Crippen LogP contribution in [0.2, 0.25) is 0 Å². The molecule has 0 saturated heterocycles. The maximum atomic E-state index is 11.9. The Kier molecular flexibility index (Phi) is 4.13. The molecule has 7 heteroatoms. The first kappa shape index (κ1) is 15.2. The summed E-state index contributed by atoms with van der Waals surface area (Å²) < 4.78 is 10.5. The highest BCUT2D eigenvalue weighted by Gasteiger charge is 2.24. The molecular weight excluding hydrogens is 276 g/mol. The number of benzene rings is 1. The molecule has 21 heavy (non-hydrogen) atoms. The largest absolute Gasteiger partial charge is 0.467 e. The molecule has 1 amide bonds. The van der Waals surface area contributed by atoms with E-state index in [0.717, 1.165) is 0 Å². The van der Waals surface area contributed by atoms with E-state index in [-0.39, 0.29) is 31.5 Å². The Balaban J connectivity index is 2.27. The SMILES string of the molecule is CC(C)(C)C(=O)NCc1cc([N+](=O)[O-])cc2c1OCOC2. The Morgan fingerprint density at radius 1 is 1.43 bits per heavy atom. The Morgan fingerprint density at radius 3 is 2.76 bits per heavy atom. The van der Waals surface area contributed by atoms with E-state index in [2.05, 4.69) is 5.32 Å². The Hall–Kier alpha value is -2.15. The summed E-state index contributed by atoms with van der Waals surface area (Å²) in [4.78, 5) is 22.4. The molecule has 1 aliphatic rings. The first-order valence-electron chi connectivity index (χ1n) is 6.58. The molecule has 7 nitrogen and oxygen atoms in total. The van der Waals surface area contributed by atoms with Gasteiger partial charge in [0.15, 0.2) is 6.79 Å². The molecule has 0 radical (unpaired) electrons. The van der Waals surface area contributed by atoms with Crippen LogP contribution >= 0.6 is 0 Å². The number of carbonyl (C=O) groups is 1. The number of nitrogens with one attached hydrogen (secondary N) is 1. The summed E-state index contributed by atoms with van der Waals surface area (Å²) in [6, 6.07) is 2.86. The van der Waals surface area contributed by atoms with Gasteiger partial charge in [-0.1, -0.05) is 20.8 Å². The Morgan fingerprint density at radius 2 is 2.14 bits per heavy atom. The van der Waals surface area contributed by atoms with Gasteiger partial charge in [0.1, 0.15) is 5.75 Å². The standard InChI is InChI=1S/C14H18N2O5/c1-14(2,3)13(17)15-6-9-4-11(16(18)19)5-10-7-20-8-21-12(9)10/h4-5H,6-8H2,1-3H3,(H,15,17). The monoisotopic (exact) mass is 294 g/mol. The summed E-state index contributed by atoms with van der Waals surface area (Å²) in [5, 5.41) is 13.7. The van der Waals surface area contributed by atoms with Crippen molar-refractivity contribution < 1.29 is 19.2 Å². The number of hydrogen-bond acceptors (Lipinski definition) is 5. The van der Waals surface area contributed by atoms with Gasteiger partial charge in [-0.3, -0.25) is 14.9 Å². The van der Waals surface area contributed by atoms with Gasteiger partial charge in [-0.25, -0.2) is 0 Å². The van der Waals surface area contributed by atoms with E-state index in [0.29, 0.717) is 16.9 Å². The molecule has 0 atom stereocenters. The van der Waals surface area contributed by atoms with Crippen molar-refractivity contribution in [3.8, 4) is 5.75 Å². The van der Waals surface area contributed by atoms with Gasteiger partial charge in [0.05, 0.1) is 11.5 Å². The zero-order chi connectivity index (χ0) is 15.6. The molecular formula is C14H18N2O5. The molecule has 0 aliphatic carbocycles. The maximum Gasteiger partial charge on any atom is 0.270 e. The molecule has 1 aliphatic heterocycles. The third-order valence-electron chi connectivity index (χ3n) is 3.10. The van der Waals surface area contributed by atoms with Crippen molar-refractivity contribution in [3.05, 3.63) is 33.4 Å². The quantitative estimate of drug-likeness (QED) is 0.681. The minimum Gasteiger partial charge on any atom is -0.467 e. The third kappa shape index (κ3) is 3.49. The fourth-order valence-electron chi connectivity index (χ4n) is 1.96. The van der Waals surface area contributed by atoms with Crippen LogP contribution in [0.15, 0.2) is 12.1 Å². The lowest BCUT2D eigenvalue weighted by Gasteiger charge is -2.22.